The van der Waals surface area contributed by atoms with Crippen molar-refractivity contribution in [3.63, 3.8) is 0 Å². The maximum Gasteiger partial charge on any atom is 0.387 e. The Morgan fingerprint density at radius 2 is 1.75 bits per heavy atom. The van der Waals surface area contributed by atoms with Crippen molar-refractivity contribution >= 4 is 6.03 Å². The van der Waals surface area contributed by atoms with Gasteiger partial charge in [0.05, 0.1) is 6.04 Å². The van der Waals surface area contributed by atoms with E-state index in [0.717, 1.165) is 18.4 Å². The van der Waals surface area contributed by atoms with Crippen molar-refractivity contribution in [2.45, 2.75) is 64.1 Å². The zero-order valence-corrected chi connectivity index (χ0v) is 14.3. The Bertz CT molecular complexity index is 514. The Labute approximate surface area is 142 Å². The molecule has 134 valence electrons. The summed E-state index contributed by atoms with van der Waals surface area (Å²) in [6.45, 7) is -0.955. The average Bonchev–Trinajstić information content (AvgIpc) is 2.83. The summed E-state index contributed by atoms with van der Waals surface area (Å²) in [5, 5.41) is 2.97. The molecule has 1 N–H and O–H groups in total. The van der Waals surface area contributed by atoms with Gasteiger partial charge in [-0.25, -0.2) is 4.79 Å². The lowest BCUT2D eigenvalue weighted by atomic mass is 10.1. The number of amides is 2. The van der Waals surface area contributed by atoms with Crippen LogP contribution in [0.25, 0.3) is 0 Å². The molecule has 24 heavy (non-hydrogen) atoms. The second-order valence-corrected chi connectivity index (χ2v) is 6.38. The molecule has 0 aliphatic heterocycles. The number of carbonyl (C=O) groups is 1. The van der Waals surface area contributed by atoms with E-state index in [1.165, 1.54) is 37.8 Å². The number of rotatable bonds is 5. The van der Waals surface area contributed by atoms with Crippen LogP contribution in [0.3, 0.4) is 0 Å². The van der Waals surface area contributed by atoms with Gasteiger partial charge >= 0.3 is 12.6 Å². The summed E-state index contributed by atoms with van der Waals surface area (Å²) in [7, 11) is 1.84. The Morgan fingerprint density at radius 1 is 1.17 bits per heavy atom. The second-order valence-electron chi connectivity index (χ2n) is 6.38. The molecule has 1 atom stereocenters. The van der Waals surface area contributed by atoms with Crippen LogP contribution in [-0.4, -0.2) is 30.6 Å². The zero-order valence-electron chi connectivity index (χ0n) is 14.3. The Kier molecular flexibility index (Phi) is 6.82. The molecule has 4 nitrogen and oxygen atoms in total. The summed E-state index contributed by atoms with van der Waals surface area (Å²) >= 11 is 0. The van der Waals surface area contributed by atoms with E-state index in [0.29, 0.717) is 6.04 Å². The van der Waals surface area contributed by atoms with E-state index in [9.17, 15) is 13.6 Å². The fourth-order valence-electron chi connectivity index (χ4n) is 3.12. The fourth-order valence-corrected chi connectivity index (χ4v) is 3.12. The molecular formula is C18H26F2N2O2. The smallest absolute Gasteiger partial charge is 0.387 e. The predicted octanol–water partition coefficient (Wildman–Crippen LogP) is 4.71. The minimum absolute atomic E-state index is 0.0951. The van der Waals surface area contributed by atoms with E-state index in [2.05, 4.69) is 10.1 Å². The first kappa shape index (κ1) is 18.5. The number of urea groups is 1. The second kappa shape index (κ2) is 8.85. The van der Waals surface area contributed by atoms with Crippen molar-refractivity contribution in [2.75, 3.05) is 7.05 Å². The number of nitrogens with zero attached hydrogens (tertiary/aromatic N) is 1. The van der Waals surface area contributed by atoms with Crippen LogP contribution in [-0.2, 0) is 0 Å². The van der Waals surface area contributed by atoms with Gasteiger partial charge in [-0.3, -0.25) is 0 Å². The van der Waals surface area contributed by atoms with Gasteiger partial charge < -0.3 is 15.0 Å². The number of hydrogen-bond acceptors (Lipinski definition) is 2. The first-order valence-corrected chi connectivity index (χ1v) is 8.55. The molecule has 0 bridgehead atoms. The third-order valence-corrected chi connectivity index (χ3v) is 4.64. The summed E-state index contributed by atoms with van der Waals surface area (Å²) in [5.41, 5.74) is 0.847. The lowest BCUT2D eigenvalue weighted by molar-refractivity contribution is -0.0498. The van der Waals surface area contributed by atoms with Gasteiger partial charge in [-0.05, 0) is 37.5 Å². The molecule has 1 aromatic carbocycles. The molecular weight excluding hydrogens is 314 g/mol. The van der Waals surface area contributed by atoms with Crippen LogP contribution in [0, 0.1) is 0 Å². The third-order valence-electron chi connectivity index (χ3n) is 4.64. The maximum absolute atomic E-state index is 12.4. The van der Waals surface area contributed by atoms with E-state index in [1.54, 1.807) is 17.0 Å². The Hall–Kier alpha value is -1.85. The number of hydrogen-bond donors (Lipinski definition) is 1. The normalized spacial score (nSPS) is 17.2. The van der Waals surface area contributed by atoms with Crippen LogP contribution >= 0.6 is 0 Å². The van der Waals surface area contributed by atoms with Gasteiger partial charge in [0.2, 0.25) is 0 Å². The Balaban J connectivity index is 1.90. The van der Waals surface area contributed by atoms with Crippen LogP contribution in [0.4, 0.5) is 13.6 Å². The molecule has 1 saturated carbocycles. The van der Waals surface area contributed by atoms with Crippen LogP contribution < -0.4 is 10.1 Å². The summed E-state index contributed by atoms with van der Waals surface area (Å²) in [5.74, 6) is 0.114. The highest BCUT2D eigenvalue weighted by molar-refractivity contribution is 5.74. The lowest BCUT2D eigenvalue weighted by Crippen LogP contribution is -2.44. The quantitative estimate of drug-likeness (QED) is 0.789. The van der Waals surface area contributed by atoms with Crippen molar-refractivity contribution in [3.8, 4) is 5.75 Å². The summed E-state index contributed by atoms with van der Waals surface area (Å²) in [4.78, 5) is 14.2. The molecule has 0 spiro atoms. The Morgan fingerprint density at radius 3 is 2.29 bits per heavy atom. The molecule has 2 rings (SSSR count). The monoisotopic (exact) mass is 340 g/mol. The number of carbonyl (C=O) groups excluding carboxylic acids is 1. The van der Waals surface area contributed by atoms with Gasteiger partial charge in [-0.1, -0.05) is 37.8 Å². The van der Waals surface area contributed by atoms with Crippen molar-refractivity contribution in [1.29, 1.82) is 0 Å². The van der Waals surface area contributed by atoms with Gasteiger partial charge in [-0.2, -0.15) is 8.78 Å². The van der Waals surface area contributed by atoms with E-state index < -0.39 is 6.61 Å². The molecule has 6 heteroatoms. The molecule has 0 aromatic heterocycles. The SMILES string of the molecule is CC(NC(=O)N(C)C1CCCCCC1)c1ccc(OC(F)F)cc1. The third kappa shape index (κ3) is 5.35. The van der Waals surface area contributed by atoms with Crippen LogP contribution in [0.1, 0.15) is 57.1 Å². The zero-order chi connectivity index (χ0) is 17.5. The van der Waals surface area contributed by atoms with E-state index in [1.807, 2.05) is 14.0 Å². The van der Waals surface area contributed by atoms with Gasteiger partial charge in [0, 0.05) is 13.1 Å². The summed E-state index contributed by atoms with van der Waals surface area (Å²) in [6, 6.07) is 6.34. The molecule has 1 fully saturated rings. The summed E-state index contributed by atoms with van der Waals surface area (Å²) in [6.07, 6.45) is 6.94. The number of ether oxygens (including phenoxy) is 1. The minimum atomic E-state index is -2.83. The topological polar surface area (TPSA) is 41.6 Å². The molecule has 1 aliphatic rings. The lowest BCUT2D eigenvalue weighted by Gasteiger charge is -2.29. The predicted molar refractivity (Wildman–Crippen MR) is 89.3 cm³/mol. The van der Waals surface area contributed by atoms with Crippen LogP contribution in [0.15, 0.2) is 24.3 Å². The molecule has 0 heterocycles. The molecule has 1 aromatic rings. The van der Waals surface area contributed by atoms with Gasteiger partial charge in [0.15, 0.2) is 0 Å². The summed E-state index contributed by atoms with van der Waals surface area (Å²) < 4.78 is 28.7. The number of benzene rings is 1. The average molecular weight is 340 g/mol. The van der Waals surface area contributed by atoms with Crippen LogP contribution in [0.2, 0.25) is 0 Å². The standard InChI is InChI=1S/C18H26F2N2O2/c1-13(14-9-11-16(12-10-14)24-17(19)20)21-18(23)22(2)15-7-5-3-4-6-8-15/h9-13,15,17H,3-8H2,1-2H3,(H,21,23). The molecule has 0 saturated heterocycles. The molecule has 1 unspecified atom stereocenters. The van der Waals surface area contributed by atoms with Crippen molar-refractivity contribution in [3.05, 3.63) is 29.8 Å². The van der Waals surface area contributed by atoms with E-state index in [-0.39, 0.29) is 17.8 Å². The van der Waals surface area contributed by atoms with Gasteiger partial charge in [0.25, 0.3) is 0 Å². The largest absolute Gasteiger partial charge is 0.435 e. The number of halogens is 2. The number of alkyl halides is 2. The first-order chi connectivity index (χ1) is 11.5. The van der Waals surface area contributed by atoms with Crippen molar-refractivity contribution in [1.82, 2.24) is 10.2 Å². The van der Waals surface area contributed by atoms with Gasteiger partial charge in [0.1, 0.15) is 5.75 Å². The highest BCUT2D eigenvalue weighted by atomic mass is 19.3. The minimum Gasteiger partial charge on any atom is -0.435 e. The van der Waals surface area contributed by atoms with E-state index in [4.69, 9.17) is 0 Å². The fraction of sp³-hybridized carbons (Fsp3) is 0.611. The number of nitrogens with one attached hydrogen (secondary N) is 1. The maximum atomic E-state index is 12.4. The molecule has 2 amide bonds. The molecule has 1 aliphatic carbocycles. The van der Waals surface area contributed by atoms with Crippen molar-refractivity contribution < 1.29 is 18.3 Å². The highest BCUT2D eigenvalue weighted by Crippen LogP contribution is 2.22. The highest BCUT2D eigenvalue weighted by Gasteiger charge is 2.22. The van der Waals surface area contributed by atoms with Crippen LogP contribution in [0.5, 0.6) is 5.75 Å². The van der Waals surface area contributed by atoms with E-state index >= 15 is 0 Å². The first-order valence-electron chi connectivity index (χ1n) is 8.55. The molecule has 0 radical (unpaired) electrons. The van der Waals surface area contributed by atoms with Gasteiger partial charge in [-0.15, -0.1) is 0 Å². The van der Waals surface area contributed by atoms with Crippen molar-refractivity contribution in [2.24, 2.45) is 0 Å².